The van der Waals surface area contributed by atoms with E-state index in [1.807, 2.05) is 0 Å². The van der Waals surface area contributed by atoms with Crippen molar-refractivity contribution >= 4 is 45.8 Å². The van der Waals surface area contributed by atoms with Crippen molar-refractivity contribution in [3.63, 3.8) is 0 Å². The Morgan fingerprint density at radius 3 is 2.06 bits per heavy atom. The number of rotatable bonds is 3. The largest absolute Gasteiger partial charge is 0.304 e. The first-order valence-electron chi connectivity index (χ1n) is 12.3. The maximum Gasteiger partial charge on any atom is 0.213 e. The third-order valence-electron chi connectivity index (χ3n) is 7.29. The van der Waals surface area contributed by atoms with Crippen LogP contribution in [0.2, 0.25) is 19.6 Å². The molecular formula is C32H31N2Si+. The van der Waals surface area contributed by atoms with Gasteiger partial charge in [-0.15, -0.1) is 0 Å². The predicted molar refractivity (Wildman–Crippen MR) is 153 cm³/mol. The first-order valence-corrected chi connectivity index (χ1v) is 15.8. The van der Waals surface area contributed by atoms with Gasteiger partial charge in [0, 0.05) is 28.1 Å². The van der Waals surface area contributed by atoms with E-state index < -0.39 is 8.07 Å². The van der Waals surface area contributed by atoms with Crippen LogP contribution >= 0.6 is 0 Å². The molecule has 0 aliphatic heterocycles. The Bertz CT molecular complexity index is 1730. The molecule has 0 N–H and O–H groups in total. The van der Waals surface area contributed by atoms with E-state index in [-0.39, 0.29) is 0 Å². The molecule has 35 heavy (non-hydrogen) atoms. The minimum Gasteiger partial charge on any atom is -0.304 e. The van der Waals surface area contributed by atoms with Gasteiger partial charge in [0.05, 0.1) is 13.6 Å². The average Bonchev–Trinajstić information content (AvgIpc) is 3.16. The Balaban J connectivity index is 1.61. The van der Waals surface area contributed by atoms with E-state index in [1.54, 1.807) is 0 Å². The van der Waals surface area contributed by atoms with E-state index in [4.69, 9.17) is 0 Å². The van der Waals surface area contributed by atoms with Gasteiger partial charge in [0.15, 0.2) is 6.20 Å². The van der Waals surface area contributed by atoms with Gasteiger partial charge in [-0.3, -0.25) is 0 Å². The van der Waals surface area contributed by atoms with Crippen LogP contribution in [0.15, 0.2) is 97.2 Å². The zero-order valence-electron chi connectivity index (χ0n) is 21.1. The van der Waals surface area contributed by atoms with Crippen LogP contribution in [0.3, 0.4) is 0 Å². The lowest BCUT2D eigenvalue weighted by Gasteiger charge is -2.17. The summed E-state index contributed by atoms with van der Waals surface area (Å²) in [5.41, 5.74) is 7.51. The number of hydrogen-bond donors (Lipinski definition) is 0. The molecule has 0 spiro atoms. The topological polar surface area (TPSA) is 8.81 Å². The smallest absolute Gasteiger partial charge is 0.213 e. The Morgan fingerprint density at radius 1 is 0.686 bits per heavy atom. The highest BCUT2D eigenvalue weighted by molar-refractivity contribution is 6.88. The molecule has 0 bridgehead atoms. The Hall–Kier alpha value is -3.69. The highest BCUT2D eigenvalue weighted by Crippen LogP contribution is 2.34. The number of hydrogen-bond acceptors (Lipinski definition) is 0. The highest BCUT2D eigenvalue weighted by Gasteiger charge is 2.21. The minimum atomic E-state index is -1.34. The van der Waals surface area contributed by atoms with E-state index in [0.717, 1.165) is 0 Å². The van der Waals surface area contributed by atoms with Gasteiger partial charge in [-0.1, -0.05) is 85.5 Å². The second-order valence-electron chi connectivity index (χ2n) is 10.7. The summed E-state index contributed by atoms with van der Waals surface area (Å²) in [6, 6.07) is 33.7. The third kappa shape index (κ3) is 3.58. The summed E-state index contributed by atoms with van der Waals surface area (Å²) >= 11 is 0. The van der Waals surface area contributed by atoms with Crippen molar-refractivity contribution in [2.45, 2.75) is 26.6 Å². The van der Waals surface area contributed by atoms with Crippen LogP contribution in [0.5, 0.6) is 0 Å². The second-order valence-corrected chi connectivity index (χ2v) is 15.8. The second kappa shape index (κ2) is 7.93. The molecule has 0 fully saturated rings. The Kier molecular flexibility index (Phi) is 4.94. The molecule has 0 saturated heterocycles. The van der Waals surface area contributed by atoms with Gasteiger partial charge < -0.3 is 4.57 Å². The number of nitrogens with zero attached hydrogens (tertiary/aromatic N) is 2. The number of benzene rings is 4. The van der Waals surface area contributed by atoms with E-state index in [1.165, 1.54) is 60.3 Å². The molecule has 2 aromatic heterocycles. The monoisotopic (exact) mass is 471 g/mol. The molecule has 2 heterocycles. The number of fused-ring (bicyclic) bond motifs is 4. The number of pyridine rings is 1. The summed E-state index contributed by atoms with van der Waals surface area (Å²) in [6.07, 6.45) is 2.30. The van der Waals surface area contributed by atoms with Crippen molar-refractivity contribution in [2.24, 2.45) is 7.05 Å². The van der Waals surface area contributed by atoms with E-state index in [0.29, 0.717) is 0 Å². The lowest BCUT2D eigenvalue weighted by atomic mass is 9.98. The fraction of sp³-hybridized carbons (Fsp3) is 0.156. The van der Waals surface area contributed by atoms with Gasteiger partial charge in [-0.25, -0.2) is 0 Å². The molecule has 0 aliphatic carbocycles. The third-order valence-corrected chi connectivity index (χ3v) is 9.35. The summed E-state index contributed by atoms with van der Waals surface area (Å²) in [5, 5.41) is 6.63. The van der Waals surface area contributed by atoms with Crippen molar-refractivity contribution in [1.82, 2.24) is 4.57 Å². The molecule has 0 radical (unpaired) electrons. The van der Waals surface area contributed by atoms with Crippen LogP contribution in [0.4, 0.5) is 0 Å². The predicted octanol–water partition coefficient (Wildman–Crippen LogP) is 7.28. The van der Waals surface area contributed by atoms with Crippen molar-refractivity contribution < 1.29 is 4.57 Å². The van der Waals surface area contributed by atoms with Crippen LogP contribution in [0.1, 0.15) is 5.56 Å². The van der Waals surface area contributed by atoms with Crippen LogP contribution in [-0.4, -0.2) is 12.6 Å². The van der Waals surface area contributed by atoms with Crippen LogP contribution < -0.4 is 9.75 Å². The van der Waals surface area contributed by atoms with Gasteiger partial charge in [-0.05, 0) is 47.5 Å². The molecule has 6 aromatic rings. The molecule has 0 atom stereocenters. The fourth-order valence-corrected chi connectivity index (χ4v) is 6.51. The van der Waals surface area contributed by atoms with Crippen molar-refractivity contribution in [3.05, 3.63) is 103 Å². The van der Waals surface area contributed by atoms with E-state index in [2.05, 4.69) is 140 Å². The summed E-state index contributed by atoms with van der Waals surface area (Å²) < 4.78 is 4.70. The fourth-order valence-electron chi connectivity index (χ4n) is 5.34. The molecule has 3 heteroatoms. The standard InChI is InChI=1S/C32H31N2Si/c1-22-18-23-10-6-7-11-24(23)19-28(22)31-20-29-27-12-8-9-13-30(27)34(32(29)21-33(31)2)25-14-16-26(17-15-25)35(3,4)5/h6-21H,1-5H3/q+1. The Labute approximate surface area is 208 Å². The summed E-state index contributed by atoms with van der Waals surface area (Å²) in [7, 11) is 0.826. The number of aromatic nitrogens is 2. The average molecular weight is 472 g/mol. The molecule has 6 rings (SSSR count). The molecule has 2 nitrogen and oxygen atoms in total. The van der Waals surface area contributed by atoms with Crippen LogP contribution in [0.25, 0.3) is 49.5 Å². The summed E-state index contributed by atoms with van der Waals surface area (Å²) in [6.45, 7) is 9.42. The van der Waals surface area contributed by atoms with Crippen LogP contribution in [-0.2, 0) is 7.05 Å². The molecule has 172 valence electrons. The molecule has 0 aliphatic rings. The maximum atomic E-state index is 2.41. The molecular weight excluding hydrogens is 440 g/mol. The highest BCUT2D eigenvalue weighted by atomic mass is 28.3. The molecule has 0 saturated carbocycles. The summed E-state index contributed by atoms with van der Waals surface area (Å²) in [4.78, 5) is 0. The van der Waals surface area contributed by atoms with Gasteiger partial charge >= 0.3 is 0 Å². The van der Waals surface area contributed by atoms with Crippen molar-refractivity contribution in [3.8, 4) is 16.9 Å². The lowest BCUT2D eigenvalue weighted by molar-refractivity contribution is -0.659. The quantitative estimate of drug-likeness (QED) is 0.189. The van der Waals surface area contributed by atoms with Crippen molar-refractivity contribution in [1.29, 1.82) is 0 Å². The minimum absolute atomic E-state index is 1.22. The molecule has 4 aromatic carbocycles. The zero-order valence-corrected chi connectivity index (χ0v) is 22.1. The zero-order chi connectivity index (χ0) is 24.3. The number of aryl methyl sites for hydroxylation is 2. The normalized spacial score (nSPS) is 12.1. The van der Waals surface area contributed by atoms with Gasteiger partial charge in [0.2, 0.25) is 5.69 Å². The SMILES string of the molecule is Cc1cc2ccccc2cc1-c1cc2c3ccccc3n(-c3ccc([Si](C)(C)C)cc3)c2c[n+]1C. The molecule has 0 unspecified atom stereocenters. The molecule has 0 amide bonds. The number of para-hydroxylation sites is 1. The van der Waals surface area contributed by atoms with Gasteiger partial charge in [0.25, 0.3) is 0 Å². The first kappa shape index (κ1) is 21.8. The van der Waals surface area contributed by atoms with Crippen LogP contribution in [0, 0.1) is 6.92 Å². The Morgan fingerprint density at radius 2 is 1.34 bits per heavy atom. The van der Waals surface area contributed by atoms with E-state index in [9.17, 15) is 0 Å². The van der Waals surface area contributed by atoms with Gasteiger partial charge in [-0.2, -0.15) is 4.57 Å². The summed E-state index contributed by atoms with van der Waals surface area (Å²) in [5.74, 6) is 0. The van der Waals surface area contributed by atoms with Gasteiger partial charge in [0.1, 0.15) is 12.6 Å². The van der Waals surface area contributed by atoms with Crippen molar-refractivity contribution in [2.75, 3.05) is 0 Å². The van der Waals surface area contributed by atoms with E-state index >= 15 is 0 Å². The maximum absolute atomic E-state index is 2.41. The first-order chi connectivity index (χ1) is 16.8. The lowest BCUT2D eigenvalue weighted by Crippen LogP contribution is -2.37.